The maximum Gasteiger partial charge on any atom is 0.262 e. The lowest BCUT2D eigenvalue weighted by Crippen LogP contribution is -2.54. The Kier molecular flexibility index (Phi) is 5.22. The summed E-state index contributed by atoms with van der Waals surface area (Å²) in [4.78, 5) is 50.9. The van der Waals surface area contributed by atoms with Crippen LogP contribution in [0.4, 0.5) is 5.82 Å². The van der Waals surface area contributed by atoms with Crippen molar-refractivity contribution in [3.8, 4) is 0 Å². The number of benzene rings is 1. The van der Waals surface area contributed by atoms with Gasteiger partial charge >= 0.3 is 0 Å². The predicted octanol–water partition coefficient (Wildman–Crippen LogP) is 0.821. The summed E-state index contributed by atoms with van der Waals surface area (Å²) < 4.78 is 1.96. The van der Waals surface area contributed by atoms with E-state index in [4.69, 9.17) is 0 Å². The molecule has 2 saturated heterocycles. The topological polar surface area (TPSA) is 125 Å². The average Bonchev–Trinajstić information content (AvgIpc) is 3.37. The van der Waals surface area contributed by atoms with Crippen LogP contribution in [0.2, 0.25) is 0 Å². The normalized spacial score (nSPS) is 23.3. The third-order valence-electron chi connectivity index (χ3n) is 6.30. The fraction of sp³-hybridized carbons (Fsp3) is 0.409. The molecule has 10 nitrogen and oxygen atoms in total. The fourth-order valence-electron chi connectivity index (χ4n) is 4.71. The molecule has 1 aromatic heterocycles. The molecular formula is C22H24N6O4. The summed E-state index contributed by atoms with van der Waals surface area (Å²) >= 11 is 0. The van der Waals surface area contributed by atoms with Crippen molar-refractivity contribution >= 4 is 29.4 Å². The molecule has 1 aromatic carbocycles. The van der Waals surface area contributed by atoms with Crippen LogP contribution in [-0.2, 0) is 16.1 Å². The summed E-state index contributed by atoms with van der Waals surface area (Å²) in [6, 6.07) is 6.31. The van der Waals surface area contributed by atoms with Crippen molar-refractivity contribution in [3.05, 3.63) is 47.2 Å². The highest BCUT2D eigenvalue weighted by Crippen LogP contribution is 2.30. The number of imide groups is 2. The first-order valence-corrected chi connectivity index (χ1v) is 10.9. The highest BCUT2D eigenvalue weighted by atomic mass is 16.2. The summed E-state index contributed by atoms with van der Waals surface area (Å²) in [6.45, 7) is 2.19. The van der Waals surface area contributed by atoms with E-state index >= 15 is 0 Å². The monoisotopic (exact) mass is 436 g/mol. The van der Waals surface area contributed by atoms with Gasteiger partial charge < -0.3 is 10.6 Å². The van der Waals surface area contributed by atoms with Gasteiger partial charge in [0.2, 0.25) is 11.8 Å². The van der Waals surface area contributed by atoms with E-state index in [1.807, 2.05) is 10.7 Å². The molecule has 32 heavy (non-hydrogen) atoms. The number of carbonyl (C=O) groups excluding carboxylic acids is 4. The molecule has 0 spiro atoms. The largest absolute Gasteiger partial charge is 0.366 e. The third-order valence-corrected chi connectivity index (χ3v) is 6.30. The molecule has 3 N–H and O–H groups in total. The Morgan fingerprint density at radius 3 is 2.75 bits per heavy atom. The van der Waals surface area contributed by atoms with Crippen LogP contribution in [0.5, 0.6) is 0 Å². The minimum absolute atomic E-state index is 0.0955. The number of fused-ring (bicyclic) bond motifs is 1. The summed E-state index contributed by atoms with van der Waals surface area (Å²) in [5, 5.41) is 13.4. The van der Waals surface area contributed by atoms with Crippen LogP contribution >= 0.6 is 0 Å². The van der Waals surface area contributed by atoms with Gasteiger partial charge in [-0.3, -0.25) is 29.4 Å². The number of hydrogen-bond donors (Lipinski definition) is 3. The first-order valence-electron chi connectivity index (χ1n) is 10.9. The third kappa shape index (κ3) is 3.46. The molecule has 2 atom stereocenters. The van der Waals surface area contributed by atoms with Gasteiger partial charge in [-0.1, -0.05) is 12.1 Å². The maximum atomic E-state index is 13.2. The molecular weight excluding hydrogens is 412 g/mol. The van der Waals surface area contributed by atoms with Gasteiger partial charge in [-0.2, -0.15) is 5.10 Å². The van der Waals surface area contributed by atoms with E-state index in [1.54, 1.807) is 24.4 Å². The lowest BCUT2D eigenvalue weighted by atomic mass is 10.0. The number of hydrogen-bond acceptors (Lipinski definition) is 7. The molecule has 0 saturated carbocycles. The fourth-order valence-corrected chi connectivity index (χ4v) is 4.71. The molecule has 166 valence electrons. The van der Waals surface area contributed by atoms with Gasteiger partial charge in [0.1, 0.15) is 11.9 Å². The number of nitrogens with zero attached hydrogens (tertiary/aromatic N) is 3. The van der Waals surface area contributed by atoms with Crippen molar-refractivity contribution in [2.75, 3.05) is 18.4 Å². The summed E-state index contributed by atoms with van der Waals surface area (Å²) in [6.07, 6.45) is 4.10. The van der Waals surface area contributed by atoms with E-state index in [0.717, 1.165) is 36.6 Å². The number of piperidine rings is 2. The van der Waals surface area contributed by atoms with Gasteiger partial charge in [0.05, 0.1) is 23.4 Å². The van der Waals surface area contributed by atoms with E-state index in [2.05, 4.69) is 21.0 Å². The van der Waals surface area contributed by atoms with Crippen LogP contribution in [0.25, 0.3) is 0 Å². The Hall–Kier alpha value is -3.53. The van der Waals surface area contributed by atoms with E-state index in [9.17, 15) is 19.2 Å². The molecule has 4 heterocycles. The SMILES string of the molecule is O=C1CCC(N2C(=O)c3cccc(CNc4ccnn4C4CCCNC4)c3C2=O)C(=O)N1. The Balaban J connectivity index is 1.37. The molecule has 4 amide bonds. The van der Waals surface area contributed by atoms with Crippen LogP contribution in [0.15, 0.2) is 30.5 Å². The number of amides is 4. The number of rotatable bonds is 5. The maximum absolute atomic E-state index is 13.2. The average molecular weight is 436 g/mol. The van der Waals surface area contributed by atoms with Gasteiger partial charge in [-0.15, -0.1) is 0 Å². The van der Waals surface area contributed by atoms with Crippen molar-refractivity contribution in [2.45, 2.75) is 44.3 Å². The minimum Gasteiger partial charge on any atom is -0.366 e. The number of anilines is 1. The summed E-state index contributed by atoms with van der Waals surface area (Å²) in [7, 11) is 0. The molecule has 10 heteroatoms. The quantitative estimate of drug-likeness (QED) is 0.593. The van der Waals surface area contributed by atoms with Gasteiger partial charge in [0.15, 0.2) is 0 Å². The Labute approximate surface area is 184 Å². The second-order valence-electron chi connectivity index (χ2n) is 8.30. The zero-order valence-electron chi connectivity index (χ0n) is 17.5. The zero-order chi connectivity index (χ0) is 22.2. The molecule has 3 aliphatic heterocycles. The highest BCUT2D eigenvalue weighted by Gasteiger charge is 2.45. The van der Waals surface area contributed by atoms with Crippen LogP contribution in [-0.4, -0.2) is 57.4 Å². The van der Waals surface area contributed by atoms with Crippen molar-refractivity contribution in [1.82, 2.24) is 25.3 Å². The Morgan fingerprint density at radius 2 is 1.97 bits per heavy atom. The number of nitrogens with one attached hydrogen (secondary N) is 3. The first kappa shape index (κ1) is 20.4. The Bertz CT molecular complexity index is 1100. The van der Waals surface area contributed by atoms with E-state index in [0.29, 0.717) is 17.7 Å². The molecule has 0 bridgehead atoms. The van der Waals surface area contributed by atoms with Crippen LogP contribution in [0, 0.1) is 0 Å². The van der Waals surface area contributed by atoms with Gasteiger partial charge in [0.25, 0.3) is 11.8 Å². The molecule has 2 aromatic rings. The molecule has 0 radical (unpaired) electrons. The van der Waals surface area contributed by atoms with Gasteiger partial charge in [-0.05, 0) is 37.4 Å². The standard InChI is InChI=1S/C22H24N6O4/c29-18-7-6-16(20(30)26-18)27-21(31)15-5-1-3-13(19(15)22(27)32)11-24-17-8-10-25-28(17)14-4-2-9-23-12-14/h1,3,5,8,10,14,16,23-24H,2,4,6-7,9,11-12H2,(H,26,29,30). The smallest absolute Gasteiger partial charge is 0.262 e. The van der Waals surface area contributed by atoms with Crippen molar-refractivity contribution < 1.29 is 19.2 Å². The minimum atomic E-state index is -0.971. The van der Waals surface area contributed by atoms with E-state index < -0.39 is 29.7 Å². The number of carbonyl (C=O) groups is 4. The van der Waals surface area contributed by atoms with E-state index in [-0.39, 0.29) is 24.4 Å². The van der Waals surface area contributed by atoms with Gasteiger partial charge in [-0.25, -0.2) is 4.68 Å². The molecule has 2 fully saturated rings. The molecule has 2 unspecified atom stereocenters. The van der Waals surface area contributed by atoms with E-state index in [1.165, 1.54) is 0 Å². The van der Waals surface area contributed by atoms with Crippen molar-refractivity contribution in [3.63, 3.8) is 0 Å². The lowest BCUT2D eigenvalue weighted by molar-refractivity contribution is -0.136. The van der Waals surface area contributed by atoms with Crippen LogP contribution in [0.3, 0.4) is 0 Å². The second kappa shape index (κ2) is 8.19. The molecule has 0 aliphatic carbocycles. The molecule has 5 rings (SSSR count). The Morgan fingerprint density at radius 1 is 1.09 bits per heavy atom. The lowest BCUT2D eigenvalue weighted by Gasteiger charge is -2.27. The van der Waals surface area contributed by atoms with Crippen LogP contribution < -0.4 is 16.0 Å². The first-order chi connectivity index (χ1) is 15.5. The van der Waals surface area contributed by atoms with Crippen molar-refractivity contribution in [1.29, 1.82) is 0 Å². The highest BCUT2D eigenvalue weighted by molar-refractivity contribution is 6.24. The van der Waals surface area contributed by atoms with Gasteiger partial charge in [0, 0.05) is 25.6 Å². The summed E-state index contributed by atoms with van der Waals surface area (Å²) in [5.41, 5.74) is 1.26. The summed E-state index contributed by atoms with van der Waals surface area (Å²) in [5.74, 6) is -1.16. The van der Waals surface area contributed by atoms with Crippen LogP contribution in [0.1, 0.15) is 58.0 Å². The number of aromatic nitrogens is 2. The zero-order valence-corrected chi connectivity index (χ0v) is 17.5. The predicted molar refractivity (Wildman–Crippen MR) is 114 cm³/mol. The van der Waals surface area contributed by atoms with Crippen molar-refractivity contribution in [2.24, 2.45) is 0 Å². The second-order valence-corrected chi connectivity index (χ2v) is 8.30. The molecule has 3 aliphatic rings.